The average molecular weight is 339 g/mol. The molecule has 2 rings (SSSR count). The van der Waals surface area contributed by atoms with Crippen molar-refractivity contribution in [2.75, 3.05) is 14.2 Å². The molecule has 0 spiro atoms. The van der Waals surface area contributed by atoms with Gasteiger partial charge in [-0.25, -0.2) is 0 Å². The molecule has 0 heterocycles. The van der Waals surface area contributed by atoms with Crippen molar-refractivity contribution in [2.45, 2.75) is 6.42 Å². The number of hydrogen-bond acceptors (Lipinski definition) is 3. The standard InChI is InChI=1S/C8H10O3.C5H5.2ClH.Ti/c1-10-6-4-3-5-7(11-2)8(6)9;1-2-4-5-3-1;;;/h3-5,9H,1-2H3;1-3H,4H2;2*1H;/q;;;;+1/p-1. The fraction of sp³-hybridized carbons (Fsp3) is 0.231. The Kier molecular flexibility index (Phi) is 9.02. The number of ether oxygens (including phenoxy) is 2. The van der Waals surface area contributed by atoms with E-state index in [1.807, 2.05) is 18.2 Å². The Hall–Kier alpha value is -0.606. The molecule has 1 aromatic rings. The minimum Gasteiger partial charge on any atom is -0.147 e. The van der Waals surface area contributed by atoms with Crippen LogP contribution in [0.1, 0.15) is 6.42 Å². The van der Waals surface area contributed by atoms with Crippen LogP contribution in [0, 0.1) is 0 Å². The summed E-state index contributed by atoms with van der Waals surface area (Å²) in [6.45, 7) is 0. The molecule has 19 heavy (non-hydrogen) atoms. The maximum atomic E-state index is 5.90. The quantitative estimate of drug-likeness (QED) is 0.765. The van der Waals surface area contributed by atoms with E-state index in [1.165, 1.54) is 3.88 Å². The van der Waals surface area contributed by atoms with Crippen molar-refractivity contribution in [2.24, 2.45) is 0 Å². The van der Waals surface area contributed by atoms with Crippen LogP contribution in [0.5, 0.6) is 17.2 Å². The van der Waals surface area contributed by atoms with E-state index in [2.05, 4.69) is 18.2 Å². The van der Waals surface area contributed by atoms with Gasteiger partial charge in [0.25, 0.3) is 0 Å². The summed E-state index contributed by atoms with van der Waals surface area (Å²) in [5.74, 6) is 2.16. The predicted octanol–water partition coefficient (Wildman–Crippen LogP) is 3.77. The Labute approximate surface area is 135 Å². The molecule has 0 bridgehead atoms. The van der Waals surface area contributed by atoms with Crippen molar-refractivity contribution in [1.82, 2.24) is 0 Å². The third-order valence-electron chi connectivity index (χ3n) is 2.44. The van der Waals surface area contributed by atoms with Crippen molar-refractivity contribution in [3.05, 3.63) is 40.3 Å². The monoisotopic (exact) mass is 338 g/mol. The van der Waals surface area contributed by atoms with Gasteiger partial charge in [0.15, 0.2) is 0 Å². The van der Waals surface area contributed by atoms with Gasteiger partial charge in [-0.15, -0.1) is 24.8 Å². The van der Waals surface area contributed by atoms with Crippen molar-refractivity contribution >= 4 is 24.8 Å². The van der Waals surface area contributed by atoms with Gasteiger partial charge in [0.05, 0.1) is 0 Å². The van der Waals surface area contributed by atoms with E-state index in [0.29, 0.717) is 5.75 Å². The minimum atomic E-state index is -0.604. The van der Waals surface area contributed by atoms with Gasteiger partial charge in [0.1, 0.15) is 0 Å². The number of methoxy groups -OCH3 is 2. The molecule has 3 nitrogen and oxygen atoms in total. The first-order valence-electron chi connectivity index (χ1n) is 5.34. The number of rotatable bonds is 5. The largest absolute Gasteiger partial charge is 0.147 e. The fourth-order valence-electron chi connectivity index (χ4n) is 1.56. The Balaban J connectivity index is 0.00000162. The summed E-state index contributed by atoms with van der Waals surface area (Å²) in [7, 11) is 3.27. The first-order valence-corrected chi connectivity index (χ1v) is 6.76. The van der Waals surface area contributed by atoms with Gasteiger partial charge in [-0.2, -0.15) is 0 Å². The van der Waals surface area contributed by atoms with E-state index in [1.54, 1.807) is 14.2 Å². The summed E-state index contributed by atoms with van der Waals surface area (Å²) in [5.41, 5.74) is 0. The molecule has 0 saturated carbocycles. The van der Waals surface area contributed by atoms with Crippen molar-refractivity contribution in [1.29, 1.82) is 0 Å². The fourth-order valence-corrected chi connectivity index (χ4v) is 2.81. The van der Waals surface area contributed by atoms with Crippen LogP contribution >= 0.6 is 24.8 Å². The zero-order valence-electron chi connectivity index (χ0n) is 10.7. The van der Waals surface area contributed by atoms with Crippen LogP contribution in [-0.4, -0.2) is 14.2 Å². The third-order valence-corrected chi connectivity index (χ3v) is 3.90. The summed E-state index contributed by atoms with van der Waals surface area (Å²) < 4.78 is 17.8. The van der Waals surface area contributed by atoms with Gasteiger partial charge in [0, 0.05) is 0 Å². The topological polar surface area (TPSA) is 27.7 Å². The molecular formula is C13H16Cl2O3Ti. The third kappa shape index (κ3) is 4.77. The molecule has 0 aliphatic heterocycles. The normalized spacial score (nSPS) is 11.8. The van der Waals surface area contributed by atoms with Crippen LogP contribution in [0.2, 0.25) is 0 Å². The zero-order valence-corrected chi connectivity index (χ0v) is 13.9. The molecule has 0 saturated heterocycles. The molecule has 0 amide bonds. The summed E-state index contributed by atoms with van der Waals surface area (Å²) in [4.78, 5) is 0. The molecular weight excluding hydrogens is 323 g/mol. The van der Waals surface area contributed by atoms with Crippen LogP contribution in [0.4, 0.5) is 0 Å². The van der Waals surface area contributed by atoms with E-state index in [9.17, 15) is 0 Å². The number of allylic oxidation sites excluding steroid dienone is 4. The minimum absolute atomic E-state index is 0. The van der Waals surface area contributed by atoms with Crippen LogP contribution in [0.15, 0.2) is 40.3 Å². The second kappa shape index (κ2) is 9.32. The van der Waals surface area contributed by atoms with E-state index in [4.69, 9.17) is 12.8 Å². The molecule has 1 aliphatic carbocycles. The predicted molar refractivity (Wildman–Crippen MR) is 76.5 cm³/mol. The maximum Gasteiger partial charge on any atom is -0.147 e. The Morgan fingerprint density at radius 3 is 2.16 bits per heavy atom. The van der Waals surface area contributed by atoms with Crippen LogP contribution < -0.4 is 12.8 Å². The smallest absolute Gasteiger partial charge is 0.147 e. The van der Waals surface area contributed by atoms with E-state index < -0.39 is 19.5 Å². The van der Waals surface area contributed by atoms with Gasteiger partial charge < -0.3 is 0 Å². The van der Waals surface area contributed by atoms with Gasteiger partial charge in [-0.1, -0.05) is 0 Å². The number of halogens is 2. The van der Waals surface area contributed by atoms with Gasteiger partial charge in [-0.3, -0.25) is 0 Å². The molecule has 104 valence electrons. The average Bonchev–Trinajstić information content (AvgIpc) is 2.88. The van der Waals surface area contributed by atoms with E-state index in [0.717, 1.165) is 17.9 Å². The number of benzene rings is 1. The molecule has 0 fully saturated rings. The van der Waals surface area contributed by atoms with Gasteiger partial charge >= 0.3 is 111 Å². The molecule has 0 unspecified atom stereocenters. The summed E-state index contributed by atoms with van der Waals surface area (Å²) >= 11 is -0.604. The summed E-state index contributed by atoms with van der Waals surface area (Å²) in [5, 5.41) is 0. The second-order valence-electron chi connectivity index (χ2n) is 3.52. The number of para-hydroxylation sites is 1. The Morgan fingerprint density at radius 2 is 1.68 bits per heavy atom. The zero-order chi connectivity index (χ0) is 12.1. The molecule has 0 N–H and O–H groups in total. The SMILES string of the molecule is COc1cccc(OC)c1[O][Ti][C]1=CC=CC1.Cl.Cl. The van der Waals surface area contributed by atoms with Crippen LogP contribution in [0.25, 0.3) is 0 Å². The van der Waals surface area contributed by atoms with Crippen LogP contribution in [0.3, 0.4) is 0 Å². The molecule has 0 aromatic heterocycles. The first kappa shape index (κ1) is 18.4. The van der Waals surface area contributed by atoms with Crippen molar-refractivity contribution < 1.29 is 32.3 Å². The number of hydrogen-bond donors (Lipinski definition) is 0. The van der Waals surface area contributed by atoms with E-state index >= 15 is 0 Å². The molecule has 0 radical (unpaired) electrons. The Morgan fingerprint density at radius 1 is 1.05 bits per heavy atom. The summed E-state index contributed by atoms with van der Waals surface area (Å²) in [6.07, 6.45) is 7.35. The summed E-state index contributed by atoms with van der Waals surface area (Å²) in [6, 6.07) is 5.65. The van der Waals surface area contributed by atoms with Gasteiger partial charge in [0.2, 0.25) is 0 Å². The molecule has 0 atom stereocenters. The first-order chi connectivity index (χ1) is 8.35. The maximum absolute atomic E-state index is 5.90. The second-order valence-corrected chi connectivity index (χ2v) is 5.16. The van der Waals surface area contributed by atoms with Crippen molar-refractivity contribution in [3.63, 3.8) is 0 Å². The van der Waals surface area contributed by atoms with Gasteiger partial charge in [-0.05, 0) is 0 Å². The molecule has 1 aliphatic rings. The molecule has 1 aromatic carbocycles. The van der Waals surface area contributed by atoms with Crippen LogP contribution in [-0.2, 0) is 19.5 Å². The molecule has 6 heteroatoms. The Bertz CT molecular complexity index is 439. The van der Waals surface area contributed by atoms with E-state index in [-0.39, 0.29) is 24.8 Å². The van der Waals surface area contributed by atoms with Crippen molar-refractivity contribution in [3.8, 4) is 17.2 Å².